The second-order valence-corrected chi connectivity index (χ2v) is 4.31. The quantitative estimate of drug-likeness (QED) is 0.878. The number of halogens is 2. The Morgan fingerprint density at radius 2 is 2.24 bits per heavy atom. The predicted molar refractivity (Wildman–Crippen MR) is 62.8 cm³/mol. The second-order valence-electron chi connectivity index (χ2n) is 4.31. The Hall–Kier alpha value is -1.16. The molecule has 1 aromatic rings. The SMILES string of the molecule is COc1cccc(C(F)F)c1C1CCCNC1. The highest BCUT2D eigenvalue weighted by atomic mass is 19.3. The van der Waals surface area contributed by atoms with Gasteiger partial charge in [-0.3, -0.25) is 0 Å². The number of rotatable bonds is 3. The molecule has 2 nitrogen and oxygen atoms in total. The van der Waals surface area contributed by atoms with E-state index in [9.17, 15) is 8.78 Å². The number of piperidine rings is 1. The zero-order valence-electron chi connectivity index (χ0n) is 9.88. The summed E-state index contributed by atoms with van der Waals surface area (Å²) in [4.78, 5) is 0. The van der Waals surface area contributed by atoms with Crippen molar-refractivity contribution in [2.24, 2.45) is 0 Å². The monoisotopic (exact) mass is 241 g/mol. The minimum absolute atomic E-state index is 0.109. The maximum Gasteiger partial charge on any atom is 0.264 e. The lowest BCUT2D eigenvalue weighted by atomic mass is 9.87. The van der Waals surface area contributed by atoms with Crippen LogP contribution in [0.5, 0.6) is 5.75 Å². The van der Waals surface area contributed by atoms with Crippen molar-refractivity contribution in [2.45, 2.75) is 25.2 Å². The highest BCUT2D eigenvalue weighted by molar-refractivity contribution is 5.44. The van der Waals surface area contributed by atoms with Gasteiger partial charge < -0.3 is 10.1 Å². The molecule has 1 aliphatic heterocycles. The van der Waals surface area contributed by atoms with Crippen LogP contribution in [0.1, 0.15) is 36.3 Å². The summed E-state index contributed by atoms with van der Waals surface area (Å²) < 4.78 is 31.3. The minimum Gasteiger partial charge on any atom is -0.496 e. The van der Waals surface area contributed by atoms with Crippen LogP contribution in [-0.2, 0) is 0 Å². The first-order valence-electron chi connectivity index (χ1n) is 5.89. The van der Waals surface area contributed by atoms with E-state index in [0.29, 0.717) is 11.3 Å². The summed E-state index contributed by atoms with van der Waals surface area (Å²) in [5.41, 5.74) is 0.787. The van der Waals surface area contributed by atoms with Crippen LogP contribution in [0.4, 0.5) is 8.78 Å². The van der Waals surface area contributed by atoms with E-state index >= 15 is 0 Å². The van der Waals surface area contributed by atoms with E-state index in [1.807, 2.05) is 0 Å². The van der Waals surface area contributed by atoms with Crippen molar-refractivity contribution in [3.63, 3.8) is 0 Å². The number of nitrogens with one attached hydrogen (secondary N) is 1. The van der Waals surface area contributed by atoms with E-state index in [4.69, 9.17) is 4.74 Å². The molecule has 2 rings (SSSR count). The van der Waals surface area contributed by atoms with Gasteiger partial charge >= 0.3 is 0 Å². The number of methoxy groups -OCH3 is 1. The molecule has 4 heteroatoms. The van der Waals surface area contributed by atoms with Gasteiger partial charge in [0.2, 0.25) is 0 Å². The molecule has 0 aliphatic carbocycles. The zero-order valence-corrected chi connectivity index (χ0v) is 9.88. The summed E-state index contributed by atoms with van der Waals surface area (Å²) in [7, 11) is 1.53. The summed E-state index contributed by atoms with van der Waals surface area (Å²) in [6, 6.07) is 4.88. The van der Waals surface area contributed by atoms with Crippen LogP contribution in [0.2, 0.25) is 0 Å². The van der Waals surface area contributed by atoms with Crippen molar-refractivity contribution in [1.82, 2.24) is 5.32 Å². The van der Waals surface area contributed by atoms with Crippen molar-refractivity contribution < 1.29 is 13.5 Å². The highest BCUT2D eigenvalue weighted by Crippen LogP contribution is 2.37. The van der Waals surface area contributed by atoms with Gasteiger partial charge in [-0.1, -0.05) is 12.1 Å². The molecule has 1 aromatic carbocycles. The predicted octanol–water partition coefficient (Wildman–Crippen LogP) is 3.10. The van der Waals surface area contributed by atoms with E-state index in [1.165, 1.54) is 13.2 Å². The molecule has 1 N–H and O–H groups in total. The largest absolute Gasteiger partial charge is 0.496 e. The molecular formula is C13H17F2NO. The zero-order chi connectivity index (χ0) is 12.3. The fraction of sp³-hybridized carbons (Fsp3) is 0.538. The van der Waals surface area contributed by atoms with E-state index in [2.05, 4.69) is 5.32 Å². The van der Waals surface area contributed by atoms with Gasteiger partial charge in [0.25, 0.3) is 6.43 Å². The lowest BCUT2D eigenvalue weighted by Gasteiger charge is -2.26. The Morgan fingerprint density at radius 3 is 2.82 bits per heavy atom. The number of alkyl halides is 2. The molecule has 1 fully saturated rings. The van der Waals surface area contributed by atoms with Gasteiger partial charge in [-0.25, -0.2) is 8.78 Å². The summed E-state index contributed by atoms with van der Waals surface area (Å²) in [6.07, 6.45) is -0.486. The number of hydrogen-bond donors (Lipinski definition) is 1. The summed E-state index contributed by atoms with van der Waals surface area (Å²) in [5, 5.41) is 3.25. The Morgan fingerprint density at radius 1 is 1.41 bits per heavy atom. The van der Waals surface area contributed by atoms with Crippen molar-refractivity contribution >= 4 is 0 Å². The molecule has 1 aliphatic rings. The summed E-state index contributed by atoms with van der Waals surface area (Å²) in [5.74, 6) is 0.709. The van der Waals surface area contributed by atoms with Crippen LogP contribution < -0.4 is 10.1 Å². The molecule has 1 atom stereocenters. The van der Waals surface area contributed by atoms with Gasteiger partial charge in [0, 0.05) is 23.6 Å². The first-order valence-corrected chi connectivity index (χ1v) is 5.89. The maximum absolute atomic E-state index is 13.0. The average molecular weight is 241 g/mol. The molecule has 94 valence electrons. The van der Waals surface area contributed by atoms with Crippen LogP contribution in [0.15, 0.2) is 18.2 Å². The van der Waals surface area contributed by atoms with Gasteiger partial charge in [-0.2, -0.15) is 0 Å². The number of hydrogen-bond acceptors (Lipinski definition) is 2. The molecule has 0 radical (unpaired) electrons. The summed E-state index contributed by atoms with van der Waals surface area (Å²) in [6.45, 7) is 1.72. The first kappa shape index (κ1) is 12.3. The summed E-state index contributed by atoms with van der Waals surface area (Å²) >= 11 is 0. The molecule has 0 amide bonds. The Kier molecular flexibility index (Phi) is 3.94. The minimum atomic E-state index is -2.44. The fourth-order valence-corrected chi connectivity index (χ4v) is 2.46. The van der Waals surface area contributed by atoms with Crippen LogP contribution in [0.3, 0.4) is 0 Å². The van der Waals surface area contributed by atoms with E-state index < -0.39 is 6.43 Å². The van der Waals surface area contributed by atoms with Gasteiger partial charge in [0.15, 0.2) is 0 Å². The van der Waals surface area contributed by atoms with E-state index in [0.717, 1.165) is 25.9 Å². The molecule has 1 heterocycles. The van der Waals surface area contributed by atoms with Crippen LogP contribution in [0, 0.1) is 0 Å². The Bertz CT molecular complexity index is 376. The molecule has 17 heavy (non-hydrogen) atoms. The van der Waals surface area contributed by atoms with E-state index in [-0.39, 0.29) is 11.5 Å². The molecular weight excluding hydrogens is 224 g/mol. The molecule has 0 spiro atoms. The van der Waals surface area contributed by atoms with Crippen LogP contribution >= 0.6 is 0 Å². The molecule has 0 aromatic heterocycles. The van der Waals surface area contributed by atoms with Gasteiger partial charge in [0.05, 0.1) is 7.11 Å². The third-order valence-electron chi connectivity index (χ3n) is 3.26. The fourth-order valence-electron chi connectivity index (χ4n) is 2.46. The number of ether oxygens (including phenoxy) is 1. The average Bonchev–Trinajstić information content (AvgIpc) is 2.38. The van der Waals surface area contributed by atoms with Crippen molar-refractivity contribution in [3.8, 4) is 5.75 Å². The molecule has 0 saturated carbocycles. The topological polar surface area (TPSA) is 21.3 Å². The Balaban J connectivity index is 2.40. The third kappa shape index (κ3) is 2.57. The van der Waals surface area contributed by atoms with Crippen molar-refractivity contribution in [2.75, 3.05) is 20.2 Å². The van der Waals surface area contributed by atoms with Gasteiger partial charge in [-0.15, -0.1) is 0 Å². The van der Waals surface area contributed by atoms with Crippen molar-refractivity contribution in [3.05, 3.63) is 29.3 Å². The molecule has 1 unspecified atom stereocenters. The van der Waals surface area contributed by atoms with Crippen LogP contribution in [-0.4, -0.2) is 20.2 Å². The van der Waals surface area contributed by atoms with Crippen LogP contribution in [0.25, 0.3) is 0 Å². The van der Waals surface area contributed by atoms with Crippen molar-refractivity contribution in [1.29, 1.82) is 0 Å². The highest BCUT2D eigenvalue weighted by Gasteiger charge is 2.25. The normalized spacial score (nSPS) is 20.6. The van der Waals surface area contributed by atoms with E-state index in [1.54, 1.807) is 12.1 Å². The lowest BCUT2D eigenvalue weighted by Crippen LogP contribution is -2.29. The molecule has 0 bridgehead atoms. The molecule has 1 saturated heterocycles. The third-order valence-corrected chi connectivity index (χ3v) is 3.26. The smallest absolute Gasteiger partial charge is 0.264 e. The first-order chi connectivity index (χ1) is 8.24. The lowest BCUT2D eigenvalue weighted by molar-refractivity contribution is 0.148. The number of benzene rings is 1. The van der Waals surface area contributed by atoms with Gasteiger partial charge in [0.1, 0.15) is 5.75 Å². The standard InChI is InChI=1S/C13H17F2NO/c1-17-11-6-2-5-10(13(14)15)12(11)9-4-3-7-16-8-9/h2,5-6,9,13,16H,3-4,7-8H2,1H3. The van der Waals surface area contributed by atoms with Gasteiger partial charge in [-0.05, 0) is 25.5 Å². The second kappa shape index (κ2) is 5.45. The Labute approximate surface area is 100.0 Å². The maximum atomic E-state index is 13.0.